The number of aromatic nitrogens is 1. The highest BCUT2D eigenvalue weighted by molar-refractivity contribution is 6.30. The van der Waals surface area contributed by atoms with Crippen LogP contribution in [0.3, 0.4) is 0 Å². The molecule has 0 aliphatic carbocycles. The Hall–Kier alpha value is -1.61. The van der Waals surface area contributed by atoms with Crippen LogP contribution in [-0.4, -0.2) is 0 Å². The van der Waals surface area contributed by atoms with E-state index in [4.69, 9.17) is 11.6 Å². The second-order valence-electron chi connectivity index (χ2n) is 3.04. The Bertz CT molecular complexity index is 464. The molecule has 15 heavy (non-hydrogen) atoms. The Kier molecular flexibility index (Phi) is 2.56. The highest BCUT2D eigenvalue weighted by atomic mass is 35.5. The highest BCUT2D eigenvalue weighted by Crippen LogP contribution is 2.20. The van der Waals surface area contributed by atoms with Crippen molar-refractivity contribution in [1.29, 1.82) is 0 Å². The number of hydrogen-bond donors (Lipinski definition) is 0. The largest absolute Gasteiger partial charge is 0.618 e. The molecule has 2 rings (SSSR count). The van der Waals surface area contributed by atoms with Crippen LogP contribution in [0, 0.1) is 11.0 Å². The summed E-state index contributed by atoms with van der Waals surface area (Å²) in [7, 11) is 0. The summed E-state index contributed by atoms with van der Waals surface area (Å²) in [5, 5.41) is 11.9. The van der Waals surface area contributed by atoms with Crippen LogP contribution < -0.4 is 4.73 Å². The first-order chi connectivity index (χ1) is 7.18. The molecule has 4 heteroatoms. The van der Waals surface area contributed by atoms with Crippen molar-refractivity contribution >= 4 is 11.6 Å². The van der Waals surface area contributed by atoms with E-state index in [9.17, 15) is 9.60 Å². The molecule has 0 atom stereocenters. The van der Waals surface area contributed by atoms with E-state index < -0.39 is 5.82 Å². The van der Waals surface area contributed by atoms with Crippen molar-refractivity contribution in [3.05, 3.63) is 58.6 Å². The topological polar surface area (TPSA) is 26.9 Å². The van der Waals surface area contributed by atoms with Crippen molar-refractivity contribution in [2.75, 3.05) is 0 Å². The maximum Gasteiger partial charge on any atom is 0.259 e. The minimum atomic E-state index is -0.546. The second kappa shape index (κ2) is 3.87. The quantitative estimate of drug-likeness (QED) is 0.540. The van der Waals surface area contributed by atoms with Gasteiger partial charge in [0, 0.05) is 11.1 Å². The molecular weight excluding hydrogens is 217 g/mol. The fourth-order valence-electron chi connectivity index (χ4n) is 1.34. The van der Waals surface area contributed by atoms with Gasteiger partial charge in [-0.15, -0.1) is 0 Å². The van der Waals surface area contributed by atoms with Crippen molar-refractivity contribution in [3.63, 3.8) is 0 Å². The number of rotatable bonds is 1. The summed E-state index contributed by atoms with van der Waals surface area (Å²) >= 11 is 5.70. The molecule has 0 saturated heterocycles. The predicted molar refractivity (Wildman–Crippen MR) is 55.8 cm³/mol. The van der Waals surface area contributed by atoms with Crippen LogP contribution in [0.4, 0.5) is 4.39 Å². The van der Waals surface area contributed by atoms with Crippen LogP contribution in [0.25, 0.3) is 11.3 Å². The molecule has 1 aromatic carbocycles. The maximum absolute atomic E-state index is 13.4. The molecule has 0 unspecified atom stereocenters. The Morgan fingerprint density at radius 2 is 1.80 bits per heavy atom. The summed E-state index contributed by atoms with van der Waals surface area (Å²) < 4.78 is 13.9. The third kappa shape index (κ3) is 1.92. The first kappa shape index (κ1) is 9.93. The Morgan fingerprint density at radius 3 is 2.40 bits per heavy atom. The van der Waals surface area contributed by atoms with Gasteiger partial charge in [0.1, 0.15) is 0 Å². The Morgan fingerprint density at radius 1 is 1.13 bits per heavy atom. The van der Waals surface area contributed by atoms with Gasteiger partial charge < -0.3 is 5.21 Å². The fraction of sp³-hybridized carbons (Fsp3) is 0. The zero-order valence-corrected chi connectivity index (χ0v) is 8.41. The van der Waals surface area contributed by atoms with Gasteiger partial charge in [0.2, 0.25) is 0 Å². The molecule has 0 amide bonds. The van der Waals surface area contributed by atoms with Crippen molar-refractivity contribution < 1.29 is 9.12 Å². The van der Waals surface area contributed by atoms with Gasteiger partial charge in [-0.1, -0.05) is 11.6 Å². The average molecular weight is 224 g/mol. The number of benzene rings is 1. The molecule has 0 saturated carbocycles. The van der Waals surface area contributed by atoms with Crippen LogP contribution in [-0.2, 0) is 0 Å². The van der Waals surface area contributed by atoms with Gasteiger partial charge >= 0.3 is 0 Å². The Balaban J connectivity index is 2.58. The summed E-state index contributed by atoms with van der Waals surface area (Å²) in [6.45, 7) is 0. The molecule has 0 bridgehead atoms. The predicted octanol–water partition coefficient (Wildman–Crippen LogP) is 2.78. The van der Waals surface area contributed by atoms with Crippen molar-refractivity contribution in [2.24, 2.45) is 0 Å². The second-order valence-corrected chi connectivity index (χ2v) is 3.47. The first-order valence-electron chi connectivity index (χ1n) is 4.32. The lowest BCUT2D eigenvalue weighted by Gasteiger charge is -2.04. The van der Waals surface area contributed by atoms with E-state index in [0.717, 1.165) is 0 Å². The van der Waals surface area contributed by atoms with Crippen molar-refractivity contribution in [3.8, 4) is 11.3 Å². The maximum atomic E-state index is 13.4. The summed E-state index contributed by atoms with van der Waals surface area (Å²) in [6.07, 6.45) is 1.26. The van der Waals surface area contributed by atoms with E-state index in [0.29, 0.717) is 15.3 Å². The standard InChI is InChI=1S/C11H7ClFNO/c12-9-5-3-8(4-6-9)11-10(13)2-1-7-14(11)15/h1-7H. The lowest BCUT2D eigenvalue weighted by molar-refractivity contribution is -0.595. The van der Waals surface area contributed by atoms with Gasteiger partial charge in [-0.2, -0.15) is 9.12 Å². The summed E-state index contributed by atoms with van der Waals surface area (Å²) in [5.74, 6) is -0.546. The van der Waals surface area contributed by atoms with Gasteiger partial charge in [0.05, 0.1) is 5.56 Å². The molecule has 1 aromatic heterocycles. The van der Waals surface area contributed by atoms with Crippen LogP contribution in [0.15, 0.2) is 42.6 Å². The number of nitrogens with zero attached hydrogens (tertiary/aromatic N) is 1. The summed E-state index contributed by atoms with van der Waals surface area (Å²) in [4.78, 5) is 0. The lowest BCUT2D eigenvalue weighted by Crippen LogP contribution is -2.29. The molecule has 0 radical (unpaired) electrons. The van der Waals surface area contributed by atoms with Gasteiger partial charge in [-0.3, -0.25) is 0 Å². The highest BCUT2D eigenvalue weighted by Gasteiger charge is 2.14. The molecule has 1 heterocycles. The molecule has 2 nitrogen and oxygen atoms in total. The van der Waals surface area contributed by atoms with Crippen LogP contribution >= 0.6 is 11.6 Å². The average Bonchev–Trinajstić information content (AvgIpc) is 2.20. The van der Waals surface area contributed by atoms with Crippen molar-refractivity contribution in [2.45, 2.75) is 0 Å². The summed E-state index contributed by atoms with van der Waals surface area (Å²) in [6, 6.07) is 9.05. The Labute approximate surface area is 91.1 Å². The molecular formula is C11H7ClFNO. The van der Waals surface area contributed by atoms with Crippen LogP contribution in [0.5, 0.6) is 0 Å². The third-order valence-corrected chi connectivity index (χ3v) is 2.28. The van der Waals surface area contributed by atoms with Gasteiger partial charge in [0.15, 0.2) is 12.0 Å². The van der Waals surface area contributed by atoms with Crippen LogP contribution in [0.1, 0.15) is 0 Å². The van der Waals surface area contributed by atoms with E-state index in [1.807, 2.05) is 0 Å². The molecule has 0 spiro atoms. The zero-order chi connectivity index (χ0) is 10.8. The van der Waals surface area contributed by atoms with Gasteiger partial charge in [-0.25, -0.2) is 0 Å². The van der Waals surface area contributed by atoms with Gasteiger partial charge in [0.25, 0.3) is 5.69 Å². The monoisotopic (exact) mass is 223 g/mol. The number of halogens is 2. The van der Waals surface area contributed by atoms with Gasteiger partial charge in [-0.05, 0) is 30.3 Å². The van der Waals surface area contributed by atoms with E-state index >= 15 is 0 Å². The SMILES string of the molecule is [O-][n+]1cccc(F)c1-c1ccc(Cl)cc1. The lowest BCUT2D eigenvalue weighted by atomic mass is 10.1. The van der Waals surface area contributed by atoms with E-state index in [1.165, 1.54) is 18.3 Å². The molecule has 0 N–H and O–H groups in total. The first-order valence-corrected chi connectivity index (χ1v) is 4.70. The molecule has 0 aliphatic heterocycles. The fourth-order valence-corrected chi connectivity index (χ4v) is 1.46. The van der Waals surface area contributed by atoms with Crippen LogP contribution in [0.2, 0.25) is 5.02 Å². The van der Waals surface area contributed by atoms with E-state index in [2.05, 4.69) is 0 Å². The minimum absolute atomic E-state index is 0.00849. The normalized spacial score (nSPS) is 10.3. The minimum Gasteiger partial charge on any atom is -0.618 e. The number of pyridine rings is 1. The molecule has 2 aromatic rings. The number of hydrogen-bond acceptors (Lipinski definition) is 1. The smallest absolute Gasteiger partial charge is 0.259 e. The zero-order valence-electron chi connectivity index (χ0n) is 7.65. The third-order valence-electron chi connectivity index (χ3n) is 2.03. The summed E-state index contributed by atoms with van der Waals surface area (Å²) in [5.41, 5.74) is 0.515. The van der Waals surface area contributed by atoms with Crippen molar-refractivity contribution in [1.82, 2.24) is 0 Å². The molecule has 0 fully saturated rings. The molecule has 0 aliphatic rings. The van der Waals surface area contributed by atoms with E-state index in [1.54, 1.807) is 24.3 Å². The molecule has 76 valence electrons. The van der Waals surface area contributed by atoms with E-state index in [-0.39, 0.29) is 5.69 Å².